The molecule has 0 bridgehead atoms. The SMILES string of the molecule is C/C=C/CC1CCC(c2ccc(OC)c(CCC)c2)CC1. The van der Waals surface area contributed by atoms with Gasteiger partial charge in [0.15, 0.2) is 0 Å². The van der Waals surface area contributed by atoms with Gasteiger partial charge in [-0.05, 0) is 74.5 Å². The molecule has 1 aliphatic rings. The summed E-state index contributed by atoms with van der Waals surface area (Å²) >= 11 is 0. The van der Waals surface area contributed by atoms with Gasteiger partial charge in [0.2, 0.25) is 0 Å². The number of allylic oxidation sites excluding steroid dienone is 2. The van der Waals surface area contributed by atoms with Crippen molar-refractivity contribution in [1.29, 1.82) is 0 Å². The first-order chi connectivity index (χ1) is 10.3. The van der Waals surface area contributed by atoms with E-state index in [1.807, 2.05) is 0 Å². The van der Waals surface area contributed by atoms with Crippen LogP contribution in [0.15, 0.2) is 30.4 Å². The Morgan fingerprint density at radius 3 is 2.57 bits per heavy atom. The van der Waals surface area contributed by atoms with Gasteiger partial charge in [-0.3, -0.25) is 0 Å². The van der Waals surface area contributed by atoms with E-state index in [0.717, 1.165) is 24.0 Å². The van der Waals surface area contributed by atoms with Gasteiger partial charge in [-0.25, -0.2) is 0 Å². The number of aryl methyl sites for hydroxylation is 1. The molecule has 2 rings (SSSR count). The van der Waals surface area contributed by atoms with Crippen LogP contribution in [-0.2, 0) is 6.42 Å². The van der Waals surface area contributed by atoms with E-state index >= 15 is 0 Å². The Labute approximate surface area is 130 Å². The van der Waals surface area contributed by atoms with Crippen molar-refractivity contribution in [2.75, 3.05) is 7.11 Å². The normalized spacial score (nSPS) is 22.6. The molecule has 0 aliphatic heterocycles. The van der Waals surface area contributed by atoms with Crippen molar-refractivity contribution in [3.8, 4) is 5.75 Å². The molecule has 0 aromatic heterocycles. The van der Waals surface area contributed by atoms with Crippen molar-refractivity contribution in [3.63, 3.8) is 0 Å². The molecule has 1 aliphatic carbocycles. The van der Waals surface area contributed by atoms with Crippen LogP contribution in [-0.4, -0.2) is 7.11 Å². The fraction of sp³-hybridized carbons (Fsp3) is 0.600. The third-order valence-electron chi connectivity index (χ3n) is 4.85. The summed E-state index contributed by atoms with van der Waals surface area (Å²) in [6.07, 6.45) is 13.5. The van der Waals surface area contributed by atoms with Gasteiger partial charge in [-0.2, -0.15) is 0 Å². The number of methoxy groups -OCH3 is 1. The third-order valence-corrected chi connectivity index (χ3v) is 4.85. The van der Waals surface area contributed by atoms with E-state index < -0.39 is 0 Å². The van der Waals surface area contributed by atoms with Crippen LogP contribution in [0.1, 0.15) is 69.4 Å². The molecular weight excluding hydrogens is 256 g/mol. The Kier molecular flexibility index (Phi) is 6.35. The number of ether oxygens (including phenoxy) is 1. The summed E-state index contributed by atoms with van der Waals surface area (Å²) in [6.45, 7) is 4.36. The molecule has 1 aromatic carbocycles. The lowest BCUT2D eigenvalue weighted by molar-refractivity contribution is 0.328. The Hall–Kier alpha value is -1.24. The smallest absolute Gasteiger partial charge is 0.122 e. The van der Waals surface area contributed by atoms with Crippen molar-refractivity contribution in [2.24, 2.45) is 5.92 Å². The maximum absolute atomic E-state index is 5.49. The van der Waals surface area contributed by atoms with Gasteiger partial charge in [0.05, 0.1) is 7.11 Å². The summed E-state index contributed by atoms with van der Waals surface area (Å²) in [5.74, 6) is 2.72. The predicted octanol–water partition coefficient (Wildman–Crippen LogP) is 5.89. The number of hydrogen-bond donors (Lipinski definition) is 0. The molecule has 21 heavy (non-hydrogen) atoms. The summed E-state index contributed by atoms with van der Waals surface area (Å²) in [5, 5.41) is 0. The number of benzene rings is 1. The topological polar surface area (TPSA) is 9.23 Å². The van der Waals surface area contributed by atoms with E-state index in [2.05, 4.69) is 44.2 Å². The van der Waals surface area contributed by atoms with Crippen molar-refractivity contribution in [2.45, 2.75) is 64.7 Å². The summed E-state index contributed by atoms with van der Waals surface area (Å²) in [5.41, 5.74) is 2.91. The molecule has 0 heterocycles. The average molecular weight is 286 g/mol. The minimum absolute atomic E-state index is 0.758. The molecule has 0 unspecified atom stereocenters. The van der Waals surface area contributed by atoms with Gasteiger partial charge < -0.3 is 4.74 Å². The number of rotatable bonds is 6. The van der Waals surface area contributed by atoms with Crippen LogP contribution >= 0.6 is 0 Å². The van der Waals surface area contributed by atoms with Gasteiger partial charge in [0, 0.05) is 0 Å². The molecule has 0 saturated heterocycles. The van der Waals surface area contributed by atoms with E-state index in [1.54, 1.807) is 7.11 Å². The van der Waals surface area contributed by atoms with Crippen LogP contribution in [0.25, 0.3) is 0 Å². The van der Waals surface area contributed by atoms with Crippen molar-refractivity contribution >= 4 is 0 Å². The Morgan fingerprint density at radius 2 is 1.95 bits per heavy atom. The molecular formula is C20H30O. The van der Waals surface area contributed by atoms with Crippen LogP contribution in [0.4, 0.5) is 0 Å². The van der Waals surface area contributed by atoms with Crippen LogP contribution in [0.5, 0.6) is 5.75 Å². The molecule has 116 valence electrons. The predicted molar refractivity (Wildman–Crippen MR) is 91.1 cm³/mol. The minimum atomic E-state index is 0.758. The molecule has 0 spiro atoms. The zero-order valence-electron chi connectivity index (χ0n) is 13.9. The highest BCUT2D eigenvalue weighted by atomic mass is 16.5. The van der Waals surface area contributed by atoms with E-state index in [9.17, 15) is 0 Å². The molecule has 0 N–H and O–H groups in total. The molecule has 0 radical (unpaired) electrons. The van der Waals surface area contributed by atoms with Gasteiger partial charge >= 0.3 is 0 Å². The van der Waals surface area contributed by atoms with Crippen LogP contribution in [0, 0.1) is 5.92 Å². The Bertz CT molecular complexity index is 453. The first kappa shape index (κ1) is 16.1. The van der Waals surface area contributed by atoms with Crippen molar-refractivity contribution in [3.05, 3.63) is 41.5 Å². The second kappa shape index (κ2) is 8.26. The van der Waals surface area contributed by atoms with Gasteiger partial charge in [-0.1, -0.05) is 37.6 Å². The molecule has 1 saturated carbocycles. The van der Waals surface area contributed by atoms with Crippen molar-refractivity contribution < 1.29 is 4.74 Å². The van der Waals surface area contributed by atoms with Gasteiger partial charge in [0.1, 0.15) is 5.75 Å². The summed E-state index contributed by atoms with van der Waals surface area (Å²) in [4.78, 5) is 0. The van der Waals surface area contributed by atoms with Gasteiger partial charge in [0.25, 0.3) is 0 Å². The highest BCUT2D eigenvalue weighted by molar-refractivity contribution is 5.39. The molecule has 1 fully saturated rings. The van der Waals surface area contributed by atoms with Crippen molar-refractivity contribution in [1.82, 2.24) is 0 Å². The second-order valence-corrected chi connectivity index (χ2v) is 6.34. The maximum Gasteiger partial charge on any atom is 0.122 e. The first-order valence-corrected chi connectivity index (χ1v) is 8.56. The monoisotopic (exact) mass is 286 g/mol. The highest BCUT2D eigenvalue weighted by Crippen LogP contribution is 2.38. The maximum atomic E-state index is 5.49. The molecule has 1 heteroatoms. The van der Waals surface area contributed by atoms with Gasteiger partial charge in [-0.15, -0.1) is 0 Å². The van der Waals surface area contributed by atoms with E-state index in [0.29, 0.717) is 0 Å². The molecule has 0 atom stereocenters. The summed E-state index contributed by atoms with van der Waals surface area (Å²) < 4.78 is 5.49. The molecule has 1 nitrogen and oxygen atoms in total. The van der Waals surface area contributed by atoms with E-state index in [4.69, 9.17) is 4.74 Å². The fourth-order valence-electron chi connectivity index (χ4n) is 3.58. The Balaban J connectivity index is 2.01. The third kappa shape index (κ3) is 4.36. The van der Waals surface area contributed by atoms with Crippen LogP contribution < -0.4 is 4.74 Å². The minimum Gasteiger partial charge on any atom is -0.496 e. The van der Waals surface area contributed by atoms with E-state index in [1.165, 1.54) is 49.7 Å². The lowest BCUT2D eigenvalue weighted by Gasteiger charge is -2.28. The summed E-state index contributed by atoms with van der Waals surface area (Å²) in [6, 6.07) is 6.86. The molecule has 1 aromatic rings. The average Bonchev–Trinajstić information content (AvgIpc) is 2.53. The standard InChI is InChI=1S/C20H30O/c1-4-6-8-16-9-11-17(12-10-16)18-13-14-20(21-3)19(15-18)7-5-2/h4,6,13-17H,5,7-12H2,1-3H3/b6-4+. The largest absolute Gasteiger partial charge is 0.496 e. The second-order valence-electron chi connectivity index (χ2n) is 6.34. The Morgan fingerprint density at radius 1 is 1.19 bits per heavy atom. The molecule has 0 amide bonds. The summed E-state index contributed by atoms with van der Waals surface area (Å²) in [7, 11) is 1.78. The van der Waals surface area contributed by atoms with Crippen LogP contribution in [0.2, 0.25) is 0 Å². The fourth-order valence-corrected chi connectivity index (χ4v) is 3.58. The van der Waals surface area contributed by atoms with E-state index in [-0.39, 0.29) is 0 Å². The lowest BCUT2D eigenvalue weighted by Crippen LogP contribution is -2.13. The zero-order valence-corrected chi connectivity index (χ0v) is 13.9. The quantitative estimate of drug-likeness (QED) is 0.593. The van der Waals surface area contributed by atoms with Crippen LogP contribution in [0.3, 0.4) is 0 Å². The number of hydrogen-bond acceptors (Lipinski definition) is 1. The zero-order chi connectivity index (χ0) is 15.1. The first-order valence-electron chi connectivity index (χ1n) is 8.56. The lowest BCUT2D eigenvalue weighted by atomic mass is 9.77. The highest BCUT2D eigenvalue weighted by Gasteiger charge is 2.22.